The highest BCUT2D eigenvalue weighted by Gasteiger charge is 2.29. The molecule has 24 heavy (non-hydrogen) atoms. The van der Waals surface area contributed by atoms with Gasteiger partial charge in [0.2, 0.25) is 11.8 Å². The van der Waals surface area contributed by atoms with Gasteiger partial charge >= 0.3 is 0 Å². The highest BCUT2D eigenvalue weighted by atomic mass is 16.4. The number of nitrogens with zero attached hydrogens (tertiary/aromatic N) is 4. The van der Waals surface area contributed by atoms with Crippen molar-refractivity contribution in [1.82, 2.24) is 19.7 Å². The molecule has 0 bridgehead atoms. The Balaban J connectivity index is 1.67. The van der Waals surface area contributed by atoms with E-state index in [1.807, 2.05) is 13.8 Å². The summed E-state index contributed by atoms with van der Waals surface area (Å²) in [6, 6.07) is 3.30. The van der Waals surface area contributed by atoms with Crippen LogP contribution < -0.4 is 5.56 Å². The molecule has 2 aromatic rings. The number of likely N-dealkylation sites (tertiary alicyclic amines) is 1. The van der Waals surface area contributed by atoms with E-state index in [1.165, 1.54) is 4.57 Å². The summed E-state index contributed by atoms with van der Waals surface area (Å²) in [6.07, 6.45) is 3.17. The Morgan fingerprint density at radius 2 is 2.00 bits per heavy atom. The van der Waals surface area contributed by atoms with Crippen LogP contribution in [0.3, 0.4) is 0 Å². The first-order valence-electron chi connectivity index (χ1n) is 8.25. The summed E-state index contributed by atoms with van der Waals surface area (Å²) in [5.74, 6) is 1.48. The molecule has 0 unspecified atom stereocenters. The highest BCUT2D eigenvalue weighted by Crippen LogP contribution is 2.28. The predicted molar refractivity (Wildman–Crippen MR) is 87.9 cm³/mol. The molecule has 7 nitrogen and oxygen atoms in total. The first-order valence-corrected chi connectivity index (χ1v) is 8.25. The Morgan fingerprint density at radius 1 is 1.29 bits per heavy atom. The van der Waals surface area contributed by atoms with Crippen LogP contribution in [0.25, 0.3) is 0 Å². The van der Waals surface area contributed by atoms with E-state index in [9.17, 15) is 9.59 Å². The van der Waals surface area contributed by atoms with Crippen molar-refractivity contribution in [3.63, 3.8) is 0 Å². The zero-order valence-electron chi connectivity index (χ0n) is 14.2. The molecule has 0 saturated carbocycles. The van der Waals surface area contributed by atoms with Gasteiger partial charge in [0.05, 0.1) is 0 Å². The van der Waals surface area contributed by atoms with Crippen molar-refractivity contribution < 1.29 is 9.21 Å². The van der Waals surface area contributed by atoms with E-state index in [1.54, 1.807) is 30.3 Å². The molecule has 3 rings (SSSR count). The van der Waals surface area contributed by atoms with Crippen molar-refractivity contribution in [3.05, 3.63) is 46.0 Å². The molecule has 0 spiro atoms. The summed E-state index contributed by atoms with van der Waals surface area (Å²) in [7, 11) is 1.65. The predicted octanol–water partition coefficient (Wildman–Crippen LogP) is 1.91. The van der Waals surface area contributed by atoms with E-state index < -0.39 is 0 Å². The van der Waals surface area contributed by atoms with E-state index >= 15 is 0 Å². The largest absolute Gasteiger partial charge is 0.425 e. The topological polar surface area (TPSA) is 81.2 Å². The molecular formula is C17H22N4O3. The molecule has 7 heteroatoms. The second kappa shape index (κ2) is 6.59. The van der Waals surface area contributed by atoms with E-state index in [0.29, 0.717) is 24.9 Å². The molecular weight excluding hydrogens is 308 g/mol. The first-order chi connectivity index (χ1) is 11.5. The number of piperidine rings is 1. The number of aryl methyl sites for hydroxylation is 1. The van der Waals surface area contributed by atoms with E-state index in [2.05, 4.69) is 10.2 Å². The number of hydrogen-bond acceptors (Lipinski definition) is 5. The van der Waals surface area contributed by atoms with Gasteiger partial charge in [0.15, 0.2) is 0 Å². The molecule has 0 radical (unpaired) electrons. The molecule has 0 atom stereocenters. The van der Waals surface area contributed by atoms with Crippen LogP contribution in [-0.2, 0) is 7.05 Å². The Kier molecular flexibility index (Phi) is 4.51. The summed E-state index contributed by atoms with van der Waals surface area (Å²) in [5.41, 5.74) is -0.0403. The minimum Gasteiger partial charge on any atom is -0.425 e. The number of amides is 1. The maximum absolute atomic E-state index is 12.6. The third kappa shape index (κ3) is 3.11. The molecule has 1 aliphatic rings. The van der Waals surface area contributed by atoms with Crippen molar-refractivity contribution in [1.29, 1.82) is 0 Å². The van der Waals surface area contributed by atoms with Crippen molar-refractivity contribution in [2.24, 2.45) is 7.05 Å². The summed E-state index contributed by atoms with van der Waals surface area (Å²) in [5, 5.41) is 8.21. The maximum atomic E-state index is 12.6. The molecule has 0 aromatic carbocycles. The zero-order valence-corrected chi connectivity index (χ0v) is 14.2. The van der Waals surface area contributed by atoms with Crippen LogP contribution >= 0.6 is 0 Å². The van der Waals surface area contributed by atoms with Gasteiger partial charge in [-0.05, 0) is 25.0 Å². The smallest absolute Gasteiger partial charge is 0.263 e. The van der Waals surface area contributed by atoms with Gasteiger partial charge in [0, 0.05) is 38.2 Å². The molecule has 1 fully saturated rings. The molecule has 3 heterocycles. The van der Waals surface area contributed by atoms with Crippen molar-refractivity contribution in [2.45, 2.75) is 38.5 Å². The lowest BCUT2D eigenvalue weighted by Crippen LogP contribution is -2.40. The Morgan fingerprint density at radius 3 is 2.62 bits per heavy atom. The van der Waals surface area contributed by atoms with E-state index in [-0.39, 0.29) is 28.9 Å². The van der Waals surface area contributed by atoms with Gasteiger partial charge in [-0.2, -0.15) is 0 Å². The molecule has 2 aromatic heterocycles. The molecule has 1 amide bonds. The quantitative estimate of drug-likeness (QED) is 0.859. The number of carbonyl (C=O) groups excluding carboxylic acids is 1. The molecule has 128 valence electrons. The number of hydrogen-bond donors (Lipinski definition) is 0. The van der Waals surface area contributed by atoms with Gasteiger partial charge in [-0.15, -0.1) is 10.2 Å². The monoisotopic (exact) mass is 330 g/mol. The third-order valence-corrected chi connectivity index (χ3v) is 4.44. The number of aromatic nitrogens is 3. The van der Waals surface area contributed by atoms with E-state index in [4.69, 9.17) is 4.42 Å². The fourth-order valence-electron chi connectivity index (χ4n) is 2.90. The van der Waals surface area contributed by atoms with Crippen LogP contribution in [0.15, 0.2) is 27.5 Å². The Bertz CT molecular complexity index is 785. The van der Waals surface area contributed by atoms with Crippen LogP contribution in [0.4, 0.5) is 0 Å². The maximum Gasteiger partial charge on any atom is 0.263 e. The first kappa shape index (κ1) is 16.4. The lowest BCUT2D eigenvalue weighted by Gasteiger charge is -2.30. The molecule has 1 aliphatic heterocycles. The van der Waals surface area contributed by atoms with Crippen molar-refractivity contribution >= 4 is 5.91 Å². The minimum atomic E-state index is -0.261. The normalized spacial score (nSPS) is 15.9. The average molecular weight is 330 g/mol. The summed E-state index contributed by atoms with van der Waals surface area (Å²) in [6.45, 7) is 5.19. The fourth-order valence-corrected chi connectivity index (χ4v) is 2.90. The average Bonchev–Trinajstić information content (AvgIpc) is 3.07. The van der Waals surface area contributed by atoms with Gasteiger partial charge in [0.1, 0.15) is 5.56 Å². The van der Waals surface area contributed by atoms with Crippen LogP contribution in [0.2, 0.25) is 0 Å². The van der Waals surface area contributed by atoms with Crippen LogP contribution in [0.5, 0.6) is 0 Å². The Labute approximate surface area is 140 Å². The van der Waals surface area contributed by atoms with Gasteiger partial charge in [0.25, 0.3) is 11.5 Å². The number of rotatable bonds is 3. The standard InChI is InChI=1S/C17H22N4O3/c1-11(2)14-18-19-15(24-14)12-6-9-21(10-7-12)17(23)13-5-4-8-20(3)16(13)22/h4-5,8,11-12H,6-7,9-10H2,1-3H3. The van der Waals surface area contributed by atoms with Crippen molar-refractivity contribution in [3.8, 4) is 0 Å². The van der Waals surface area contributed by atoms with Crippen LogP contribution in [0, 0.1) is 0 Å². The number of pyridine rings is 1. The van der Waals surface area contributed by atoms with Crippen molar-refractivity contribution in [2.75, 3.05) is 13.1 Å². The Hall–Kier alpha value is -2.44. The molecule has 0 aliphatic carbocycles. The minimum absolute atomic E-state index is 0.174. The lowest BCUT2D eigenvalue weighted by atomic mass is 9.96. The molecule has 0 N–H and O–H groups in total. The summed E-state index contributed by atoms with van der Waals surface area (Å²) < 4.78 is 7.14. The van der Waals surface area contributed by atoms with Gasteiger partial charge in [-0.25, -0.2) is 0 Å². The third-order valence-electron chi connectivity index (χ3n) is 4.44. The number of carbonyl (C=O) groups is 1. The van der Waals surface area contributed by atoms with Crippen LogP contribution in [0.1, 0.15) is 60.7 Å². The van der Waals surface area contributed by atoms with Gasteiger partial charge in [-0.1, -0.05) is 13.8 Å². The lowest BCUT2D eigenvalue weighted by molar-refractivity contribution is 0.0703. The second-order valence-corrected chi connectivity index (χ2v) is 6.54. The fraction of sp³-hybridized carbons (Fsp3) is 0.529. The molecule has 1 saturated heterocycles. The van der Waals surface area contributed by atoms with Crippen LogP contribution in [-0.4, -0.2) is 38.7 Å². The zero-order chi connectivity index (χ0) is 17.3. The SMILES string of the molecule is CC(C)c1nnc(C2CCN(C(=O)c3cccn(C)c3=O)CC2)o1. The summed E-state index contributed by atoms with van der Waals surface area (Å²) in [4.78, 5) is 26.4. The van der Waals surface area contributed by atoms with E-state index in [0.717, 1.165) is 12.8 Å². The summed E-state index contributed by atoms with van der Waals surface area (Å²) >= 11 is 0. The second-order valence-electron chi connectivity index (χ2n) is 6.54. The highest BCUT2D eigenvalue weighted by molar-refractivity contribution is 5.93. The van der Waals surface area contributed by atoms with Gasteiger partial charge < -0.3 is 13.9 Å². The van der Waals surface area contributed by atoms with Gasteiger partial charge in [-0.3, -0.25) is 9.59 Å².